The van der Waals surface area contributed by atoms with E-state index in [0.29, 0.717) is 13.2 Å². The summed E-state index contributed by atoms with van der Waals surface area (Å²) in [5, 5.41) is 9.07. The Labute approximate surface area is 108 Å². The summed E-state index contributed by atoms with van der Waals surface area (Å²) in [6.45, 7) is 8.18. The highest BCUT2D eigenvalue weighted by molar-refractivity contribution is 5.84. The Balaban J connectivity index is 2.72. The van der Waals surface area contributed by atoms with Crippen molar-refractivity contribution in [2.75, 3.05) is 13.2 Å². The minimum atomic E-state index is -1.02. The van der Waals surface area contributed by atoms with Crippen LogP contribution in [0.5, 0.6) is 0 Å². The monoisotopic (exact) mass is 257 g/mol. The first-order valence-electron chi connectivity index (χ1n) is 6.42. The molecule has 1 rings (SSSR count). The van der Waals surface area contributed by atoms with Crippen LogP contribution < -0.4 is 0 Å². The molecule has 1 fully saturated rings. The van der Waals surface area contributed by atoms with Gasteiger partial charge < -0.3 is 14.7 Å². The summed E-state index contributed by atoms with van der Waals surface area (Å²) >= 11 is 0. The fourth-order valence-corrected chi connectivity index (χ4v) is 2.04. The van der Waals surface area contributed by atoms with Gasteiger partial charge in [-0.1, -0.05) is 6.92 Å². The van der Waals surface area contributed by atoms with Crippen molar-refractivity contribution in [2.45, 2.75) is 52.7 Å². The van der Waals surface area contributed by atoms with Crippen molar-refractivity contribution in [2.24, 2.45) is 5.41 Å². The first-order valence-corrected chi connectivity index (χ1v) is 6.42. The van der Waals surface area contributed by atoms with Crippen LogP contribution in [0.3, 0.4) is 0 Å². The molecule has 1 heterocycles. The van der Waals surface area contributed by atoms with Crippen LogP contribution in [0.2, 0.25) is 0 Å². The van der Waals surface area contributed by atoms with Gasteiger partial charge in [0.15, 0.2) is 0 Å². The van der Waals surface area contributed by atoms with Crippen molar-refractivity contribution in [3.05, 3.63) is 0 Å². The van der Waals surface area contributed by atoms with E-state index in [4.69, 9.17) is 9.84 Å². The number of carbonyl (C=O) groups excluding carboxylic acids is 1. The van der Waals surface area contributed by atoms with Crippen LogP contribution in [-0.2, 0) is 14.3 Å². The maximum atomic E-state index is 12.2. The summed E-state index contributed by atoms with van der Waals surface area (Å²) < 4.78 is 5.53. The van der Waals surface area contributed by atoms with E-state index >= 15 is 0 Å². The number of hydrogen-bond acceptors (Lipinski definition) is 3. The van der Waals surface area contributed by atoms with Gasteiger partial charge in [-0.25, -0.2) is 0 Å². The fraction of sp³-hybridized carbons (Fsp3) is 0.846. The van der Waals surface area contributed by atoms with E-state index < -0.39 is 11.4 Å². The van der Waals surface area contributed by atoms with Crippen LogP contribution in [0.4, 0.5) is 0 Å². The Kier molecular flexibility index (Phi) is 4.73. The van der Waals surface area contributed by atoms with Gasteiger partial charge in [-0.2, -0.15) is 0 Å². The Bertz CT molecular complexity index is 327. The maximum absolute atomic E-state index is 12.2. The molecule has 0 spiro atoms. The molecule has 1 aliphatic rings. The molecule has 2 atom stereocenters. The molecule has 1 aliphatic heterocycles. The van der Waals surface area contributed by atoms with Crippen molar-refractivity contribution >= 4 is 11.9 Å². The standard InChI is InChI=1S/C13H23NO4/c1-5-10-8-18-9(2)7-14(10)11(15)6-13(3,4)12(16)17/h9-10H,5-8H2,1-4H3,(H,16,17). The van der Waals surface area contributed by atoms with Gasteiger partial charge in [0, 0.05) is 13.0 Å². The average molecular weight is 257 g/mol. The van der Waals surface area contributed by atoms with Crippen molar-refractivity contribution in [3.8, 4) is 0 Å². The SMILES string of the molecule is CCC1COC(C)CN1C(=O)CC(C)(C)C(=O)O. The van der Waals surface area contributed by atoms with Crippen LogP contribution in [-0.4, -0.2) is 47.2 Å². The van der Waals surface area contributed by atoms with E-state index in [-0.39, 0.29) is 24.5 Å². The number of carbonyl (C=O) groups is 2. The van der Waals surface area contributed by atoms with Gasteiger partial charge in [-0.05, 0) is 27.2 Å². The summed E-state index contributed by atoms with van der Waals surface area (Å²) in [7, 11) is 0. The van der Waals surface area contributed by atoms with Crippen LogP contribution >= 0.6 is 0 Å². The third-order valence-corrected chi connectivity index (χ3v) is 3.43. The van der Waals surface area contributed by atoms with Gasteiger partial charge in [-0.15, -0.1) is 0 Å². The molecular weight excluding hydrogens is 234 g/mol. The molecule has 0 radical (unpaired) electrons. The van der Waals surface area contributed by atoms with Crippen molar-refractivity contribution in [1.82, 2.24) is 4.90 Å². The lowest BCUT2D eigenvalue weighted by Gasteiger charge is -2.39. The summed E-state index contributed by atoms with van der Waals surface area (Å²) in [5.74, 6) is -1.03. The van der Waals surface area contributed by atoms with E-state index in [9.17, 15) is 9.59 Å². The number of rotatable bonds is 4. The van der Waals surface area contributed by atoms with Crippen LogP contribution in [0, 0.1) is 5.41 Å². The number of carboxylic acids is 1. The molecule has 2 unspecified atom stereocenters. The summed E-state index contributed by atoms with van der Waals surface area (Å²) in [4.78, 5) is 25.1. The Morgan fingerprint density at radius 2 is 2.06 bits per heavy atom. The van der Waals surface area contributed by atoms with E-state index in [1.807, 2.05) is 13.8 Å². The zero-order valence-corrected chi connectivity index (χ0v) is 11.6. The molecular formula is C13H23NO4. The number of aliphatic carboxylic acids is 1. The summed E-state index contributed by atoms with van der Waals surface area (Å²) in [6.07, 6.45) is 0.877. The highest BCUT2D eigenvalue weighted by Gasteiger charge is 2.35. The molecule has 1 saturated heterocycles. The van der Waals surface area contributed by atoms with Gasteiger partial charge in [0.1, 0.15) is 0 Å². The quantitative estimate of drug-likeness (QED) is 0.829. The second-order valence-corrected chi connectivity index (χ2v) is 5.62. The molecule has 0 aromatic carbocycles. The van der Waals surface area contributed by atoms with E-state index in [1.54, 1.807) is 18.7 Å². The van der Waals surface area contributed by atoms with Gasteiger partial charge in [0.05, 0.1) is 24.2 Å². The van der Waals surface area contributed by atoms with Crippen LogP contribution in [0.15, 0.2) is 0 Å². The maximum Gasteiger partial charge on any atom is 0.309 e. The van der Waals surface area contributed by atoms with Crippen LogP contribution in [0.1, 0.15) is 40.5 Å². The molecule has 0 aromatic heterocycles. The third kappa shape index (κ3) is 3.45. The van der Waals surface area contributed by atoms with Gasteiger partial charge >= 0.3 is 5.97 Å². The van der Waals surface area contributed by atoms with Gasteiger partial charge in [-0.3, -0.25) is 9.59 Å². The number of nitrogens with zero attached hydrogens (tertiary/aromatic N) is 1. The van der Waals surface area contributed by atoms with Crippen molar-refractivity contribution in [1.29, 1.82) is 0 Å². The fourth-order valence-electron chi connectivity index (χ4n) is 2.04. The summed E-state index contributed by atoms with van der Waals surface area (Å²) in [5.41, 5.74) is -1.02. The van der Waals surface area contributed by atoms with Crippen molar-refractivity contribution in [3.63, 3.8) is 0 Å². The molecule has 1 N–H and O–H groups in total. The topological polar surface area (TPSA) is 66.8 Å². The molecule has 0 aliphatic carbocycles. The number of ether oxygens (including phenoxy) is 1. The molecule has 0 bridgehead atoms. The molecule has 18 heavy (non-hydrogen) atoms. The minimum absolute atomic E-state index is 0.0182. The molecule has 1 amide bonds. The largest absolute Gasteiger partial charge is 0.481 e. The number of carboxylic acid groups (broad SMARTS) is 1. The zero-order chi connectivity index (χ0) is 13.9. The van der Waals surface area contributed by atoms with E-state index in [0.717, 1.165) is 6.42 Å². The lowest BCUT2D eigenvalue weighted by molar-refractivity contribution is -0.155. The average Bonchev–Trinajstić information content (AvgIpc) is 2.28. The summed E-state index contributed by atoms with van der Waals surface area (Å²) in [6, 6.07) is 0.0679. The second kappa shape index (κ2) is 5.69. The van der Waals surface area contributed by atoms with Crippen molar-refractivity contribution < 1.29 is 19.4 Å². The Morgan fingerprint density at radius 3 is 2.56 bits per heavy atom. The zero-order valence-electron chi connectivity index (χ0n) is 11.6. The predicted molar refractivity (Wildman–Crippen MR) is 67.2 cm³/mol. The smallest absolute Gasteiger partial charge is 0.309 e. The highest BCUT2D eigenvalue weighted by atomic mass is 16.5. The first-order chi connectivity index (χ1) is 8.27. The minimum Gasteiger partial charge on any atom is -0.481 e. The number of amides is 1. The molecule has 5 nitrogen and oxygen atoms in total. The molecule has 0 saturated carbocycles. The number of morpholine rings is 1. The van der Waals surface area contributed by atoms with E-state index in [1.165, 1.54) is 0 Å². The van der Waals surface area contributed by atoms with Gasteiger partial charge in [0.2, 0.25) is 5.91 Å². The Morgan fingerprint density at radius 1 is 1.44 bits per heavy atom. The van der Waals surface area contributed by atoms with Gasteiger partial charge in [0.25, 0.3) is 0 Å². The lowest BCUT2D eigenvalue weighted by atomic mass is 9.88. The number of hydrogen-bond donors (Lipinski definition) is 1. The molecule has 0 aromatic rings. The Hall–Kier alpha value is -1.10. The molecule has 104 valence electrons. The highest BCUT2D eigenvalue weighted by Crippen LogP contribution is 2.24. The molecule has 5 heteroatoms. The normalized spacial score (nSPS) is 25.0. The second-order valence-electron chi connectivity index (χ2n) is 5.62. The van der Waals surface area contributed by atoms with Crippen LogP contribution in [0.25, 0.3) is 0 Å². The lowest BCUT2D eigenvalue weighted by Crippen LogP contribution is -2.52. The first kappa shape index (κ1) is 15.0. The van der Waals surface area contributed by atoms with E-state index in [2.05, 4.69) is 0 Å². The third-order valence-electron chi connectivity index (χ3n) is 3.43. The predicted octanol–water partition coefficient (Wildman–Crippen LogP) is 1.51.